The van der Waals surface area contributed by atoms with Crippen molar-refractivity contribution in [3.05, 3.63) is 89.1 Å². The van der Waals surface area contributed by atoms with E-state index in [-0.39, 0.29) is 18.6 Å². The maximum absolute atomic E-state index is 13.7. The minimum Gasteiger partial charge on any atom is -0.454 e. The Morgan fingerprint density at radius 3 is 2.34 bits per heavy atom. The van der Waals surface area contributed by atoms with E-state index in [1.807, 2.05) is 69.4 Å². The molecule has 2 aliphatic heterocycles. The highest BCUT2D eigenvalue weighted by molar-refractivity contribution is 6.46. The number of hydrogen-bond acceptors (Lipinski definition) is 5. The zero-order valence-electron chi connectivity index (χ0n) is 18.1. The van der Waals surface area contributed by atoms with E-state index < -0.39 is 0 Å². The molecule has 2 amide bonds. The van der Waals surface area contributed by atoms with Crippen LogP contribution in [-0.2, 0) is 9.59 Å². The van der Waals surface area contributed by atoms with Crippen LogP contribution in [0.25, 0.3) is 5.57 Å². The molecule has 3 aromatic carbocycles. The molecule has 0 bridgehead atoms. The van der Waals surface area contributed by atoms with Gasteiger partial charge in [-0.25, -0.2) is 4.90 Å². The molecule has 0 saturated heterocycles. The van der Waals surface area contributed by atoms with Crippen LogP contribution in [0.1, 0.15) is 16.7 Å². The van der Waals surface area contributed by atoms with Gasteiger partial charge >= 0.3 is 0 Å². The number of para-hydroxylation sites is 1. The number of likely N-dealkylation sites (N-methyl/N-ethyl adjacent to an activating group) is 1. The molecule has 5 rings (SSSR count). The number of imide groups is 1. The Morgan fingerprint density at radius 2 is 1.59 bits per heavy atom. The molecule has 0 fully saturated rings. The van der Waals surface area contributed by atoms with Gasteiger partial charge in [0.05, 0.1) is 11.3 Å². The SMILES string of the molecule is Cc1ccc(C2=C(N(C)c3ccccc3)C(=O)N(c3ccc4c(c3)OCO4)C2=O)c(C)c1. The van der Waals surface area contributed by atoms with Gasteiger partial charge in [0.1, 0.15) is 5.70 Å². The van der Waals surface area contributed by atoms with Gasteiger partial charge < -0.3 is 14.4 Å². The maximum Gasteiger partial charge on any atom is 0.282 e. The van der Waals surface area contributed by atoms with Crippen LogP contribution in [0, 0.1) is 13.8 Å². The lowest BCUT2D eigenvalue weighted by molar-refractivity contribution is -0.120. The summed E-state index contributed by atoms with van der Waals surface area (Å²) in [5, 5.41) is 0. The summed E-state index contributed by atoms with van der Waals surface area (Å²) in [4.78, 5) is 30.5. The minimum absolute atomic E-state index is 0.120. The first kappa shape index (κ1) is 19.9. The number of rotatable bonds is 4. The van der Waals surface area contributed by atoms with E-state index in [1.54, 1.807) is 23.1 Å². The van der Waals surface area contributed by atoms with Gasteiger partial charge in [-0.15, -0.1) is 0 Å². The Bertz CT molecular complexity index is 1280. The summed E-state index contributed by atoms with van der Waals surface area (Å²) in [6, 6.07) is 20.5. The first-order chi connectivity index (χ1) is 15.5. The second-order valence-electron chi connectivity index (χ2n) is 7.92. The van der Waals surface area contributed by atoms with Crippen molar-refractivity contribution in [2.45, 2.75) is 13.8 Å². The van der Waals surface area contributed by atoms with Crippen LogP contribution in [0.5, 0.6) is 11.5 Å². The molecule has 32 heavy (non-hydrogen) atoms. The number of carbonyl (C=O) groups is 2. The second kappa shape index (κ2) is 7.57. The molecule has 2 aliphatic rings. The summed E-state index contributed by atoms with van der Waals surface area (Å²) in [6.07, 6.45) is 0. The van der Waals surface area contributed by atoms with E-state index in [0.717, 1.165) is 22.4 Å². The molecule has 0 N–H and O–H groups in total. The van der Waals surface area contributed by atoms with E-state index in [0.29, 0.717) is 28.5 Å². The quantitative estimate of drug-likeness (QED) is 0.577. The van der Waals surface area contributed by atoms with Crippen molar-refractivity contribution < 1.29 is 19.1 Å². The molecule has 3 aromatic rings. The number of ether oxygens (including phenoxy) is 2. The number of amides is 2. The van der Waals surface area contributed by atoms with Crippen LogP contribution < -0.4 is 19.3 Å². The van der Waals surface area contributed by atoms with Gasteiger partial charge in [0.15, 0.2) is 11.5 Å². The van der Waals surface area contributed by atoms with Crippen molar-refractivity contribution in [3.8, 4) is 11.5 Å². The standard InChI is InChI=1S/C26H22N2O4/c1-16-9-11-20(17(2)13-16)23-24(27(3)18-7-5-4-6-8-18)26(30)28(25(23)29)19-10-12-21-22(14-19)32-15-31-21/h4-14H,15H2,1-3H3. The molecule has 0 spiro atoms. The Kier molecular flexibility index (Phi) is 4.70. The summed E-state index contributed by atoms with van der Waals surface area (Å²) >= 11 is 0. The van der Waals surface area contributed by atoms with Gasteiger partial charge in [-0.1, -0.05) is 42.0 Å². The van der Waals surface area contributed by atoms with Crippen molar-refractivity contribution in [2.24, 2.45) is 0 Å². The highest BCUT2D eigenvalue weighted by atomic mass is 16.7. The third-order valence-electron chi connectivity index (χ3n) is 5.80. The fourth-order valence-electron chi connectivity index (χ4n) is 4.21. The lowest BCUT2D eigenvalue weighted by Crippen LogP contribution is -2.34. The van der Waals surface area contributed by atoms with Crippen LogP contribution in [0.3, 0.4) is 0 Å². The Morgan fingerprint density at radius 1 is 0.844 bits per heavy atom. The molecule has 6 heteroatoms. The molecule has 0 aromatic heterocycles. The highest BCUT2D eigenvalue weighted by Crippen LogP contribution is 2.41. The van der Waals surface area contributed by atoms with Crippen LogP contribution >= 0.6 is 0 Å². The van der Waals surface area contributed by atoms with Crippen LogP contribution in [0.2, 0.25) is 0 Å². The lowest BCUT2D eigenvalue weighted by atomic mass is 9.97. The predicted molar refractivity (Wildman–Crippen MR) is 123 cm³/mol. The van der Waals surface area contributed by atoms with Gasteiger partial charge in [-0.3, -0.25) is 9.59 Å². The normalized spacial score (nSPS) is 15.0. The van der Waals surface area contributed by atoms with Crippen molar-refractivity contribution in [3.63, 3.8) is 0 Å². The van der Waals surface area contributed by atoms with Crippen molar-refractivity contribution >= 4 is 28.8 Å². The van der Waals surface area contributed by atoms with Crippen molar-refractivity contribution in [2.75, 3.05) is 23.6 Å². The second-order valence-corrected chi connectivity index (χ2v) is 7.92. The summed E-state index contributed by atoms with van der Waals surface area (Å²) in [5.41, 5.74) is 4.76. The molecule has 0 atom stereocenters. The molecule has 2 heterocycles. The molecule has 0 saturated carbocycles. The van der Waals surface area contributed by atoms with Gasteiger partial charge in [0, 0.05) is 18.8 Å². The van der Waals surface area contributed by atoms with E-state index in [1.165, 1.54) is 4.90 Å². The first-order valence-electron chi connectivity index (χ1n) is 10.3. The predicted octanol–water partition coefficient (Wildman–Crippen LogP) is 4.45. The van der Waals surface area contributed by atoms with Gasteiger partial charge in [0.2, 0.25) is 6.79 Å². The number of fused-ring (bicyclic) bond motifs is 1. The molecule has 0 radical (unpaired) electrons. The number of aryl methyl sites for hydroxylation is 2. The van der Waals surface area contributed by atoms with Crippen LogP contribution in [-0.4, -0.2) is 25.7 Å². The summed E-state index contributed by atoms with van der Waals surface area (Å²) < 4.78 is 10.8. The fraction of sp³-hybridized carbons (Fsp3) is 0.154. The zero-order valence-corrected chi connectivity index (χ0v) is 18.1. The summed E-state index contributed by atoms with van der Waals surface area (Å²) in [7, 11) is 1.81. The van der Waals surface area contributed by atoms with Crippen molar-refractivity contribution in [1.29, 1.82) is 0 Å². The van der Waals surface area contributed by atoms with Gasteiger partial charge in [-0.05, 0) is 49.2 Å². The van der Waals surface area contributed by atoms with E-state index >= 15 is 0 Å². The number of nitrogens with zero attached hydrogens (tertiary/aromatic N) is 2. The van der Waals surface area contributed by atoms with Gasteiger partial charge in [-0.2, -0.15) is 0 Å². The van der Waals surface area contributed by atoms with Crippen LogP contribution in [0.4, 0.5) is 11.4 Å². The van der Waals surface area contributed by atoms with Crippen molar-refractivity contribution in [1.82, 2.24) is 0 Å². The molecule has 0 unspecified atom stereocenters. The fourth-order valence-corrected chi connectivity index (χ4v) is 4.21. The monoisotopic (exact) mass is 426 g/mol. The Balaban J connectivity index is 1.67. The van der Waals surface area contributed by atoms with E-state index in [2.05, 4.69) is 0 Å². The third-order valence-corrected chi connectivity index (χ3v) is 5.80. The first-order valence-corrected chi connectivity index (χ1v) is 10.3. The average molecular weight is 426 g/mol. The summed E-state index contributed by atoms with van der Waals surface area (Å²) in [6.45, 7) is 4.08. The largest absolute Gasteiger partial charge is 0.454 e. The molecular formula is C26H22N2O4. The minimum atomic E-state index is -0.379. The average Bonchev–Trinajstić information content (AvgIpc) is 3.35. The Labute approximate surface area is 186 Å². The number of anilines is 2. The van der Waals surface area contributed by atoms with Crippen LogP contribution in [0.15, 0.2) is 72.4 Å². The maximum atomic E-state index is 13.7. The zero-order chi connectivity index (χ0) is 22.4. The molecule has 160 valence electrons. The summed E-state index contributed by atoms with van der Waals surface area (Å²) in [5.74, 6) is 0.367. The van der Waals surface area contributed by atoms with E-state index in [4.69, 9.17) is 9.47 Å². The molecular weight excluding hydrogens is 404 g/mol. The third kappa shape index (κ3) is 3.12. The molecule has 0 aliphatic carbocycles. The number of hydrogen-bond donors (Lipinski definition) is 0. The molecule has 6 nitrogen and oxygen atoms in total. The van der Waals surface area contributed by atoms with E-state index in [9.17, 15) is 9.59 Å². The smallest absolute Gasteiger partial charge is 0.282 e. The lowest BCUT2D eigenvalue weighted by Gasteiger charge is -2.22. The Hall–Kier alpha value is -4.06. The highest BCUT2D eigenvalue weighted by Gasteiger charge is 2.43. The number of benzene rings is 3. The van der Waals surface area contributed by atoms with Gasteiger partial charge in [0.25, 0.3) is 11.8 Å². The topological polar surface area (TPSA) is 59.1 Å². The number of carbonyl (C=O) groups excluding carboxylic acids is 2.